The van der Waals surface area contributed by atoms with E-state index < -0.39 is 23.6 Å². The summed E-state index contributed by atoms with van der Waals surface area (Å²) in [6.45, 7) is -0.355. The van der Waals surface area contributed by atoms with Crippen molar-refractivity contribution in [1.29, 1.82) is 0 Å². The van der Waals surface area contributed by atoms with Crippen molar-refractivity contribution in [1.82, 2.24) is 4.98 Å². The summed E-state index contributed by atoms with van der Waals surface area (Å²) in [5, 5.41) is 12.1. The normalized spacial score (nSPS) is 13.0. The van der Waals surface area contributed by atoms with E-state index in [1.807, 2.05) is 0 Å². The van der Waals surface area contributed by atoms with Crippen LogP contribution in [0.5, 0.6) is 0 Å². The molecule has 0 amide bonds. The van der Waals surface area contributed by atoms with Gasteiger partial charge in [-0.1, -0.05) is 12.1 Å². The van der Waals surface area contributed by atoms with Crippen LogP contribution in [0.4, 0.5) is 23.4 Å². The Hall–Kier alpha value is -2.15. The lowest BCUT2D eigenvalue weighted by Gasteiger charge is -2.17. The molecule has 2 rings (SSSR count). The Balaban J connectivity index is 2.15. The van der Waals surface area contributed by atoms with Crippen molar-refractivity contribution in [2.45, 2.75) is 12.2 Å². The monoisotopic (exact) mass is 300 g/mol. The second-order valence-corrected chi connectivity index (χ2v) is 4.36. The van der Waals surface area contributed by atoms with Gasteiger partial charge >= 0.3 is 6.18 Å². The second kappa shape index (κ2) is 6.09. The van der Waals surface area contributed by atoms with Gasteiger partial charge in [0, 0.05) is 6.20 Å². The van der Waals surface area contributed by atoms with E-state index in [-0.39, 0.29) is 12.4 Å². The maximum atomic E-state index is 13.1. The van der Waals surface area contributed by atoms with Crippen LogP contribution in [-0.2, 0) is 6.18 Å². The number of halogens is 4. The molecule has 0 saturated heterocycles. The number of hydrogen-bond donors (Lipinski definition) is 2. The molecule has 1 aromatic carbocycles. The topological polar surface area (TPSA) is 45.1 Å². The van der Waals surface area contributed by atoms with Crippen molar-refractivity contribution in [2.24, 2.45) is 0 Å². The molecule has 0 bridgehead atoms. The zero-order chi connectivity index (χ0) is 15.5. The van der Waals surface area contributed by atoms with Crippen LogP contribution < -0.4 is 5.32 Å². The lowest BCUT2D eigenvalue weighted by atomic mass is 10.1. The number of nitrogens with one attached hydrogen (secondary N) is 1. The van der Waals surface area contributed by atoms with Gasteiger partial charge in [0.05, 0.1) is 18.2 Å². The molecule has 112 valence electrons. The van der Waals surface area contributed by atoms with Crippen LogP contribution in [0.3, 0.4) is 0 Å². The first-order chi connectivity index (χ1) is 9.90. The number of alkyl halides is 3. The highest BCUT2D eigenvalue weighted by Crippen LogP contribution is 2.29. The van der Waals surface area contributed by atoms with E-state index in [1.165, 1.54) is 18.2 Å². The van der Waals surface area contributed by atoms with Crippen LogP contribution in [0.1, 0.15) is 17.2 Å². The molecule has 0 spiro atoms. The number of aliphatic hydroxyl groups excluding tert-OH is 1. The predicted molar refractivity (Wildman–Crippen MR) is 69.1 cm³/mol. The predicted octanol–water partition coefficient (Wildman–Crippen LogP) is 3.39. The third kappa shape index (κ3) is 3.91. The number of rotatable bonds is 4. The summed E-state index contributed by atoms with van der Waals surface area (Å²) < 4.78 is 50.4. The quantitative estimate of drug-likeness (QED) is 0.851. The van der Waals surface area contributed by atoms with Gasteiger partial charge in [-0.2, -0.15) is 13.2 Å². The minimum Gasteiger partial charge on any atom is -0.394 e. The van der Waals surface area contributed by atoms with E-state index in [2.05, 4.69) is 10.3 Å². The van der Waals surface area contributed by atoms with Crippen LogP contribution >= 0.6 is 0 Å². The van der Waals surface area contributed by atoms with Gasteiger partial charge in [0.1, 0.15) is 11.6 Å². The highest BCUT2D eigenvalue weighted by Gasteiger charge is 2.30. The number of anilines is 1. The van der Waals surface area contributed by atoms with Gasteiger partial charge in [0.2, 0.25) is 0 Å². The van der Waals surface area contributed by atoms with E-state index in [4.69, 9.17) is 0 Å². The largest absolute Gasteiger partial charge is 0.417 e. The van der Waals surface area contributed by atoms with Crippen LogP contribution in [0, 0.1) is 5.82 Å². The van der Waals surface area contributed by atoms with E-state index in [9.17, 15) is 22.7 Å². The molecule has 7 heteroatoms. The third-order valence-corrected chi connectivity index (χ3v) is 2.85. The Labute approximate surface area is 118 Å². The molecule has 0 aliphatic carbocycles. The lowest BCUT2D eigenvalue weighted by molar-refractivity contribution is -0.137. The Bertz CT molecular complexity index is 599. The average molecular weight is 300 g/mol. The molecule has 2 aromatic rings. The fourth-order valence-corrected chi connectivity index (χ4v) is 1.78. The molecule has 0 radical (unpaired) electrons. The summed E-state index contributed by atoms with van der Waals surface area (Å²) in [6, 6.07) is 6.95. The Morgan fingerprint density at radius 2 is 1.95 bits per heavy atom. The van der Waals surface area contributed by atoms with Crippen molar-refractivity contribution in [3.63, 3.8) is 0 Å². The maximum Gasteiger partial charge on any atom is 0.417 e. The fraction of sp³-hybridized carbons (Fsp3) is 0.214. The van der Waals surface area contributed by atoms with Crippen molar-refractivity contribution < 1.29 is 22.7 Å². The molecular weight excluding hydrogens is 288 g/mol. The van der Waals surface area contributed by atoms with Gasteiger partial charge in [-0.15, -0.1) is 0 Å². The third-order valence-electron chi connectivity index (χ3n) is 2.85. The zero-order valence-electron chi connectivity index (χ0n) is 10.7. The summed E-state index contributed by atoms with van der Waals surface area (Å²) >= 11 is 0. The first kappa shape index (κ1) is 15.2. The first-order valence-electron chi connectivity index (χ1n) is 6.06. The number of aromatic nitrogens is 1. The van der Waals surface area contributed by atoms with Crippen LogP contribution in [0.25, 0.3) is 0 Å². The van der Waals surface area contributed by atoms with Crippen LogP contribution in [0.15, 0.2) is 42.6 Å². The highest BCUT2D eigenvalue weighted by atomic mass is 19.4. The zero-order valence-corrected chi connectivity index (χ0v) is 10.7. The van der Waals surface area contributed by atoms with Gasteiger partial charge in [-0.3, -0.25) is 0 Å². The van der Waals surface area contributed by atoms with Crippen molar-refractivity contribution >= 4 is 5.82 Å². The molecule has 21 heavy (non-hydrogen) atoms. The molecule has 0 aliphatic rings. The summed E-state index contributed by atoms with van der Waals surface area (Å²) in [4.78, 5) is 3.64. The van der Waals surface area contributed by atoms with E-state index >= 15 is 0 Å². The molecule has 1 heterocycles. The number of pyridine rings is 1. The summed E-state index contributed by atoms with van der Waals surface area (Å²) in [6.07, 6.45) is -3.76. The molecule has 0 aliphatic heterocycles. The summed E-state index contributed by atoms with van der Waals surface area (Å²) in [5.74, 6) is -0.306. The Morgan fingerprint density at radius 3 is 2.48 bits per heavy atom. The van der Waals surface area contributed by atoms with Gasteiger partial charge < -0.3 is 10.4 Å². The molecular formula is C14H12F4N2O. The van der Waals surface area contributed by atoms with E-state index in [0.717, 1.165) is 12.1 Å². The molecule has 3 nitrogen and oxygen atoms in total. The fourth-order valence-electron chi connectivity index (χ4n) is 1.78. The average Bonchev–Trinajstić information content (AvgIpc) is 2.44. The van der Waals surface area contributed by atoms with Gasteiger partial charge in [0.25, 0.3) is 0 Å². The molecule has 1 aromatic heterocycles. The highest BCUT2D eigenvalue weighted by molar-refractivity contribution is 5.40. The van der Waals surface area contributed by atoms with Crippen LogP contribution in [0.2, 0.25) is 0 Å². The molecule has 1 atom stereocenters. The van der Waals surface area contributed by atoms with Gasteiger partial charge in [-0.05, 0) is 29.8 Å². The molecule has 0 unspecified atom stereocenters. The molecule has 2 N–H and O–H groups in total. The van der Waals surface area contributed by atoms with Crippen molar-refractivity contribution in [3.8, 4) is 0 Å². The second-order valence-electron chi connectivity index (χ2n) is 4.36. The Morgan fingerprint density at radius 1 is 1.19 bits per heavy atom. The summed E-state index contributed by atoms with van der Waals surface area (Å²) in [5.41, 5.74) is -0.390. The molecule has 0 fully saturated rings. The summed E-state index contributed by atoms with van der Waals surface area (Å²) in [7, 11) is 0. The lowest BCUT2D eigenvalue weighted by Crippen LogP contribution is -2.16. The standard InChI is InChI=1S/C14H12F4N2O/c15-11-3-1-2-9(6-11)12(8-21)20-13-5-4-10(7-19-13)14(16,17)18/h1-7,12,21H,8H2,(H,19,20)/t12-/m1/s1. The molecule has 0 saturated carbocycles. The van der Waals surface area contributed by atoms with E-state index in [0.29, 0.717) is 11.8 Å². The maximum absolute atomic E-state index is 13.1. The van der Waals surface area contributed by atoms with Gasteiger partial charge in [0.15, 0.2) is 0 Å². The number of aliphatic hydroxyl groups is 1. The Kier molecular flexibility index (Phi) is 4.42. The first-order valence-corrected chi connectivity index (χ1v) is 6.06. The van der Waals surface area contributed by atoms with Gasteiger partial charge in [-0.25, -0.2) is 9.37 Å². The smallest absolute Gasteiger partial charge is 0.394 e. The number of nitrogens with zero attached hydrogens (tertiary/aromatic N) is 1. The van der Waals surface area contributed by atoms with E-state index in [1.54, 1.807) is 6.07 Å². The minimum atomic E-state index is -4.45. The number of benzene rings is 1. The number of hydrogen-bond acceptors (Lipinski definition) is 3. The van der Waals surface area contributed by atoms with Crippen molar-refractivity contribution in [2.75, 3.05) is 11.9 Å². The SMILES string of the molecule is OC[C@@H](Nc1ccc(C(F)(F)F)cn1)c1cccc(F)c1. The minimum absolute atomic E-state index is 0.159. The van der Waals surface area contributed by atoms with Crippen LogP contribution in [-0.4, -0.2) is 16.7 Å². The van der Waals surface area contributed by atoms with Crippen molar-refractivity contribution in [3.05, 3.63) is 59.5 Å².